The lowest BCUT2D eigenvalue weighted by molar-refractivity contribution is -0.0198. The molecule has 0 aromatic heterocycles. The lowest BCUT2D eigenvalue weighted by atomic mass is 9.80. The quantitative estimate of drug-likeness (QED) is 0.613. The lowest BCUT2D eigenvalue weighted by Crippen LogP contribution is -2.52. The summed E-state index contributed by atoms with van der Waals surface area (Å²) in [6, 6.07) is -0.965. The fourth-order valence-electron chi connectivity index (χ4n) is 4.47. The van der Waals surface area contributed by atoms with Gasteiger partial charge in [0.05, 0.1) is 24.9 Å². The SMILES string of the molecule is CNS(=O)(=O)N[C@H]1C[C@@H](C)N(C(=O)OC(C)C)[C@H]1COC1CCC(C(C)C)CC1. The highest BCUT2D eigenvalue weighted by atomic mass is 32.2. The molecule has 2 rings (SSSR count). The number of nitrogens with zero attached hydrogens (tertiary/aromatic N) is 1. The van der Waals surface area contributed by atoms with E-state index in [-0.39, 0.29) is 18.2 Å². The minimum atomic E-state index is -3.63. The van der Waals surface area contributed by atoms with Crippen molar-refractivity contribution in [2.45, 2.75) is 97.1 Å². The molecule has 0 bridgehead atoms. The maximum Gasteiger partial charge on any atom is 0.410 e. The highest BCUT2D eigenvalue weighted by molar-refractivity contribution is 7.87. The van der Waals surface area contributed by atoms with E-state index in [0.29, 0.717) is 18.9 Å². The van der Waals surface area contributed by atoms with Gasteiger partial charge in [-0.25, -0.2) is 9.52 Å². The predicted molar refractivity (Wildman–Crippen MR) is 113 cm³/mol. The van der Waals surface area contributed by atoms with Crippen LogP contribution in [-0.2, 0) is 19.7 Å². The monoisotopic (exact) mass is 433 g/mol. The third-order valence-electron chi connectivity index (χ3n) is 6.18. The second-order valence-corrected chi connectivity index (χ2v) is 10.7. The number of hydrogen-bond acceptors (Lipinski definition) is 5. The Kier molecular flexibility index (Phi) is 8.75. The zero-order valence-electron chi connectivity index (χ0n) is 18.7. The van der Waals surface area contributed by atoms with E-state index in [0.717, 1.165) is 31.6 Å². The molecule has 1 amide bonds. The average molecular weight is 434 g/mol. The van der Waals surface area contributed by atoms with Crippen molar-refractivity contribution < 1.29 is 22.7 Å². The van der Waals surface area contributed by atoms with Gasteiger partial charge < -0.3 is 9.47 Å². The first-order valence-corrected chi connectivity index (χ1v) is 12.3. The molecule has 0 aromatic carbocycles. The number of nitrogens with one attached hydrogen (secondary N) is 2. The van der Waals surface area contributed by atoms with Crippen molar-refractivity contribution in [3.63, 3.8) is 0 Å². The predicted octanol–water partition coefficient (Wildman–Crippen LogP) is 2.65. The molecule has 8 nitrogen and oxygen atoms in total. The second kappa shape index (κ2) is 10.4. The van der Waals surface area contributed by atoms with Gasteiger partial charge in [0.15, 0.2) is 0 Å². The zero-order chi connectivity index (χ0) is 21.8. The minimum absolute atomic E-state index is 0.143. The number of rotatable bonds is 8. The molecule has 0 radical (unpaired) electrons. The van der Waals surface area contributed by atoms with Gasteiger partial charge in [-0.1, -0.05) is 13.8 Å². The summed E-state index contributed by atoms with van der Waals surface area (Å²) in [7, 11) is -2.26. The summed E-state index contributed by atoms with van der Waals surface area (Å²) >= 11 is 0. The fourth-order valence-corrected chi connectivity index (χ4v) is 5.24. The summed E-state index contributed by atoms with van der Waals surface area (Å²) in [5.74, 6) is 1.43. The van der Waals surface area contributed by atoms with Crippen LogP contribution in [0.3, 0.4) is 0 Å². The van der Waals surface area contributed by atoms with E-state index in [1.54, 1.807) is 18.7 Å². The third kappa shape index (κ3) is 6.80. The summed E-state index contributed by atoms with van der Waals surface area (Å²) in [6.07, 6.45) is 4.33. The van der Waals surface area contributed by atoms with Gasteiger partial charge in [0, 0.05) is 19.1 Å². The summed E-state index contributed by atoms with van der Waals surface area (Å²) < 4.78 is 40.7. The van der Waals surface area contributed by atoms with Crippen LogP contribution in [0.5, 0.6) is 0 Å². The Labute approximate surface area is 176 Å². The number of carbonyl (C=O) groups excluding carboxylic acids is 1. The standard InChI is InChI=1S/C20H39N3O5S/c1-13(2)16-7-9-17(10-8-16)27-12-19-18(22-29(25,26)21-6)11-15(5)23(19)20(24)28-14(3)4/h13-19,21-22H,7-12H2,1-6H3/t15-,16?,17?,18+,19+/m1/s1. The van der Waals surface area contributed by atoms with Crippen LogP contribution in [0.15, 0.2) is 0 Å². The first kappa shape index (κ1) is 24.4. The van der Waals surface area contributed by atoms with Crippen molar-refractivity contribution in [1.29, 1.82) is 0 Å². The highest BCUT2D eigenvalue weighted by Gasteiger charge is 2.44. The van der Waals surface area contributed by atoms with E-state index in [4.69, 9.17) is 9.47 Å². The summed E-state index contributed by atoms with van der Waals surface area (Å²) in [5.41, 5.74) is 0. The normalized spacial score (nSPS) is 30.9. The van der Waals surface area contributed by atoms with E-state index < -0.39 is 28.4 Å². The van der Waals surface area contributed by atoms with Crippen molar-refractivity contribution in [3.8, 4) is 0 Å². The van der Waals surface area contributed by atoms with Crippen LogP contribution >= 0.6 is 0 Å². The Hall–Kier alpha value is -0.900. The van der Waals surface area contributed by atoms with Crippen molar-refractivity contribution in [3.05, 3.63) is 0 Å². The highest BCUT2D eigenvalue weighted by Crippen LogP contribution is 2.32. The fraction of sp³-hybridized carbons (Fsp3) is 0.950. The van der Waals surface area contributed by atoms with Crippen LogP contribution in [0, 0.1) is 11.8 Å². The molecule has 2 aliphatic rings. The molecule has 170 valence electrons. The van der Waals surface area contributed by atoms with Crippen LogP contribution < -0.4 is 9.44 Å². The van der Waals surface area contributed by atoms with E-state index in [2.05, 4.69) is 23.3 Å². The molecular weight excluding hydrogens is 394 g/mol. The van der Waals surface area contributed by atoms with Gasteiger partial charge in [-0.3, -0.25) is 4.90 Å². The summed E-state index contributed by atoms with van der Waals surface area (Å²) in [5, 5.41) is 0. The minimum Gasteiger partial charge on any atom is -0.447 e. The van der Waals surface area contributed by atoms with E-state index in [9.17, 15) is 13.2 Å². The zero-order valence-corrected chi connectivity index (χ0v) is 19.5. The average Bonchev–Trinajstić information content (AvgIpc) is 2.94. The number of ether oxygens (including phenoxy) is 2. The first-order chi connectivity index (χ1) is 13.5. The van der Waals surface area contributed by atoms with Crippen molar-refractivity contribution in [1.82, 2.24) is 14.3 Å². The Morgan fingerprint density at radius 2 is 1.76 bits per heavy atom. The Morgan fingerprint density at radius 1 is 1.14 bits per heavy atom. The van der Waals surface area contributed by atoms with Crippen molar-refractivity contribution >= 4 is 16.3 Å². The van der Waals surface area contributed by atoms with E-state index in [1.165, 1.54) is 7.05 Å². The van der Waals surface area contributed by atoms with Crippen LogP contribution in [-0.4, -0.2) is 63.4 Å². The molecule has 1 heterocycles. The van der Waals surface area contributed by atoms with Gasteiger partial charge in [0.1, 0.15) is 0 Å². The molecule has 3 atom stereocenters. The molecule has 1 aliphatic heterocycles. The van der Waals surface area contributed by atoms with Crippen LogP contribution in [0.2, 0.25) is 0 Å². The molecule has 9 heteroatoms. The largest absolute Gasteiger partial charge is 0.447 e. The Bertz CT molecular complexity index is 632. The van der Waals surface area contributed by atoms with Gasteiger partial charge in [-0.2, -0.15) is 13.1 Å². The second-order valence-electron chi connectivity index (χ2n) is 9.04. The van der Waals surface area contributed by atoms with Crippen LogP contribution in [0.1, 0.15) is 66.7 Å². The molecule has 2 N–H and O–H groups in total. The molecule has 1 saturated carbocycles. The lowest BCUT2D eigenvalue weighted by Gasteiger charge is -2.34. The molecule has 29 heavy (non-hydrogen) atoms. The third-order valence-corrected chi connectivity index (χ3v) is 7.33. The number of hydrogen-bond donors (Lipinski definition) is 2. The maximum atomic E-state index is 12.7. The smallest absolute Gasteiger partial charge is 0.410 e. The van der Waals surface area contributed by atoms with E-state index in [1.807, 2.05) is 6.92 Å². The molecule has 0 aromatic rings. The molecular formula is C20H39N3O5S. The first-order valence-electron chi connectivity index (χ1n) is 10.8. The molecule has 2 fully saturated rings. The molecule has 0 spiro atoms. The van der Waals surface area contributed by atoms with Gasteiger partial charge in [0.2, 0.25) is 0 Å². The summed E-state index contributed by atoms with van der Waals surface area (Å²) in [4.78, 5) is 14.3. The van der Waals surface area contributed by atoms with Crippen molar-refractivity contribution in [2.75, 3.05) is 13.7 Å². The van der Waals surface area contributed by atoms with E-state index >= 15 is 0 Å². The number of likely N-dealkylation sites (tertiary alicyclic amines) is 1. The Morgan fingerprint density at radius 3 is 2.28 bits per heavy atom. The molecule has 0 unspecified atom stereocenters. The number of amides is 1. The summed E-state index contributed by atoms with van der Waals surface area (Å²) in [6.45, 7) is 10.4. The van der Waals surface area contributed by atoms with Crippen molar-refractivity contribution in [2.24, 2.45) is 11.8 Å². The number of carbonyl (C=O) groups is 1. The molecule has 1 saturated heterocycles. The van der Waals surface area contributed by atoms with Crippen LogP contribution in [0.25, 0.3) is 0 Å². The van der Waals surface area contributed by atoms with Gasteiger partial charge >= 0.3 is 6.09 Å². The van der Waals surface area contributed by atoms with Gasteiger partial charge in [-0.05, 0) is 64.7 Å². The van der Waals surface area contributed by atoms with Crippen LogP contribution in [0.4, 0.5) is 4.79 Å². The Balaban J connectivity index is 2.06. The topological polar surface area (TPSA) is 97.0 Å². The molecule has 1 aliphatic carbocycles. The van der Waals surface area contributed by atoms with Gasteiger partial charge in [-0.15, -0.1) is 0 Å². The van der Waals surface area contributed by atoms with Gasteiger partial charge in [0.25, 0.3) is 10.2 Å². The maximum absolute atomic E-state index is 12.7.